The largest absolute Gasteiger partial charge is 0.399 e. The summed E-state index contributed by atoms with van der Waals surface area (Å²) in [5.41, 5.74) is 13.9. The molecule has 0 saturated carbocycles. The fourth-order valence-corrected chi connectivity index (χ4v) is 4.79. The van der Waals surface area contributed by atoms with Crippen LogP contribution in [-0.2, 0) is 6.54 Å². The lowest BCUT2D eigenvalue weighted by Gasteiger charge is -2.13. The SMILES string of the molecule is C=C/C(N)=C\C(=C/C)c1ccc2[nH]nc(-c3nc(/C(=C\C=C/C)c4cc(F)cc(CNS(=C)(=C)C)c4)c(C)[nH]3)c2n1. The Bertz CT molecular complexity index is 1830. The Balaban J connectivity index is 1.80. The van der Waals surface area contributed by atoms with Crippen LogP contribution in [0.25, 0.3) is 33.7 Å². The number of hydrogen-bond acceptors (Lipinski definition) is 5. The number of rotatable bonds is 10. The highest BCUT2D eigenvalue weighted by Crippen LogP contribution is 2.31. The molecule has 1 aromatic carbocycles. The highest BCUT2D eigenvalue weighted by Gasteiger charge is 2.19. The van der Waals surface area contributed by atoms with Crippen molar-refractivity contribution in [3.8, 4) is 11.5 Å². The number of benzene rings is 1. The minimum absolute atomic E-state index is 0.329. The van der Waals surface area contributed by atoms with E-state index in [9.17, 15) is 4.39 Å². The highest BCUT2D eigenvalue weighted by molar-refractivity contribution is 8.25. The second kappa shape index (κ2) is 12.4. The first-order valence-corrected chi connectivity index (χ1v) is 15.4. The third kappa shape index (κ3) is 7.00. The first-order valence-electron chi connectivity index (χ1n) is 13.0. The van der Waals surface area contributed by atoms with E-state index in [1.54, 1.807) is 6.08 Å². The summed E-state index contributed by atoms with van der Waals surface area (Å²) in [6.07, 6.45) is 13.1. The third-order valence-corrected chi connectivity index (χ3v) is 7.13. The summed E-state index contributed by atoms with van der Waals surface area (Å²) in [4.78, 5) is 13.2. The zero-order valence-corrected chi connectivity index (χ0v) is 24.7. The van der Waals surface area contributed by atoms with Gasteiger partial charge in [-0.2, -0.15) is 14.5 Å². The lowest BCUT2D eigenvalue weighted by molar-refractivity contribution is 0.624. The summed E-state index contributed by atoms with van der Waals surface area (Å²) < 4.78 is 18.1. The molecule has 0 aliphatic rings. The van der Waals surface area contributed by atoms with Crippen LogP contribution in [0.1, 0.15) is 42.1 Å². The smallest absolute Gasteiger partial charge is 0.161 e. The molecule has 0 radical (unpaired) electrons. The van der Waals surface area contributed by atoms with E-state index in [0.29, 0.717) is 40.5 Å². The summed E-state index contributed by atoms with van der Waals surface area (Å²) in [6.45, 7) is 9.98. The van der Waals surface area contributed by atoms with E-state index in [-0.39, 0.29) is 5.82 Å². The van der Waals surface area contributed by atoms with Crippen LogP contribution in [0.2, 0.25) is 0 Å². The summed E-state index contributed by atoms with van der Waals surface area (Å²) in [5.74, 6) is 8.33. The molecule has 5 N–H and O–H groups in total. The van der Waals surface area contributed by atoms with Gasteiger partial charge in [0.05, 0.1) is 16.9 Å². The van der Waals surface area contributed by atoms with Crippen LogP contribution in [0.15, 0.2) is 79.1 Å². The van der Waals surface area contributed by atoms with Gasteiger partial charge in [0.25, 0.3) is 0 Å². The number of imidazole rings is 1. The van der Waals surface area contributed by atoms with Crippen LogP contribution >= 0.6 is 9.39 Å². The number of pyridine rings is 1. The topological polar surface area (TPSA) is 108 Å². The second-order valence-corrected chi connectivity index (χ2v) is 12.7. The molecule has 9 heteroatoms. The molecule has 4 aromatic rings. The standard InChI is InChI=1S/C32H36FN7S/c1-8-11-12-26(23-15-21(16-24(33)17-23)19-35-41(5,6)7)29-20(4)36-32(38-29)31-30-28(39-40-31)14-13-27(37-30)22(9-2)18-25(34)10-3/h8-18,35H,3,5-6,19,34H2,1-2,4,7H3,(H,36,38)(H,39,40)/b11-8-,22-9+,25-18+,26-12-. The maximum Gasteiger partial charge on any atom is 0.161 e. The van der Waals surface area contributed by atoms with Crippen molar-refractivity contribution >= 4 is 43.3 Å². The molecule has 0 spiro atoms. The molecule has 0 bridgehead atoms. The molecule has 7 nitrogen and oxygen atoms in total. The van der Waals surface area contributed by atoms with Gasteiger partial charge in [0.1, 0.15) is 11.3 Å². The predicted molar refractivity (Wildman–Crippen MR) is 175 cm³/mol. The molecule has 3 heterocycles. The van der Waals surface area contributed by atoms with Crippen molar-refractivity contribution in [1.82, 2.24) is 29.9 Å². The van der Waals surface area contributed by atoms with E-state index in [2.05, 4.69) is 38.2 Å². The molecule has 0 aliphatic carbocycles. The van der Waals surface area contributed by atoms with Crippen LogP contribution in [0.5, 0.6) is 0 Å². The predicted octanol–water partition coefficient (Wildman–Crippen LogP) is 6.54. The highest BCUT2D eigenvalue weighted by atomic mass is 32.2. The van der Waals surface area contributed by atoms with Crippen molar-refractivity contribution in [3.05, 3.63) is 113 Å². The average Bonchev–Trinajstić information content (AvgIpc) is 3.53. The fraction of sp³-hybridized carbons (Fsp3) is 0.156. The van der Waals surface area contributed by atoms with Crippen LogP contribution in [-0.4, -0.2) is 43.1 Å². The number of hydrogen-bond donors (Lipinski definition) is 4. The van der Waals surface area contributed by atoms with Gasteiger partial charge < -0.3 is 10.7 Å². The molecule has 0 saturated heterocycles. The van der Waals surface area contributed by atoms with Crippen LogP contribution in [0.3, 0.4) is 0 Å². The molecular formula is C32H36FN7S. The number of halogens is 1. The summed E-state index contributed by atoms with van der Waals surface area (Å²) in [7, 11) is -1.45. The van der Waals surface area contributed by atoms with Crippen LogP contribution in [0, 0.1) is 12.7 Å². The van der Waals surface area contributed by atoms with E-state index in [4.69, 9.17) is 15.7 Å². The minimum Gasteiger partial charge on any atom is -0.399 e. The molecule has 212 valence electrons. The van der Waals surface area contributed by atoms with E-state index in [1.165, 1.54) is 12.1 Å². The molecule has 4 rings (SSSR count). The monoisotopic (exact) mass is 569 g/mol. The lowest BCUT2D eigenvalue weighted by Crippen LogP contribution is -2.08. The van der Waals surface area contributed by atoms with Crippen LogP contribution < -0.4 is 10.5 Å². The van der Waals surface area contributed by atoms with Gasteiger partial charge in [-0.1, -0.05) is 42.6 Å². The van der Waals surface area contributed by atoms with E-state index < -0.39 is 9.39 Å². The Hall–Kier alpha value is -4.47. The Morgan fingerprint density at radius 1 is 1.17 bits per heavy atom. The van der Waals surface area contributed by atoms with Gasteiger partial charge in [0.2, 0.25) is 0 Å². The maximum atomic E-state index is 14.8. The van der Waals surface area contributed by atoms with Crippen molar-refractivity contribution in [3.63, 3.8) is 0 Å². The number of nitrogens with two attached hydrogens (primary N) is 1. The Morgan fingerprint density at radius 3 is 2.63 bits per heavy atom. The third-order valence-electron chi connectivity index (χ3n) is 6.29. The van der Waals surface area contributed by atoms with Crippen molar-refractivity contribution in [2.75, 3.05) is 6.26 Å². The molecule has 0 aliphatic heterocycles. The van der Waals surface area contributed by atoms with Crippen molar-refractivity contribution in [2.45, 2.75) is 27.3 Å². The van der Waals surface area contributed by atoms with E-state index >= 15 is 0 Å². The van der Waals surface area contributed by atoms with Gasteiger partial charge in [-0.25, -0.2) is 14.4 Å². The van der Waals surface area contributed by atoms with Gasteiger partial charge in [-0.15, -0.1) is 0 Å². The fourth-order valence-electron chi connectivity index (χ4n) is 4.27. The first-order chi connectivity index (χ1) is 19.5. The molecule has 0 fully saturated rings. The molecule has 41 heavy (non-hydrogen) atoms. The Labute approximate surface area is 241 Å². The molecule has 0 amide bonds. The number of fused-ring (bicyclic) bond motifs is 1. The van der Waals surface area contributed by atoms with Crippen molar-refractivity contribution in [1.29, 1.82) is 0 Å². The number of allylic oxidation sites excluding steroid dienone is 7. The number of nitrogens with zero attached hydrogens (tertiary/aromatic N) is 3. The molecular weight excluding hydrogens is 533 g/mol. The van der Waals surface area contributed by atoms with Crippen molar-refractivity contribution in [2.24, 2.45) is 5.73 Å². The van der Waals surface area contributed by atoms with Gasteiger partial charge in [-0.3, -0.25) is 9.82 Å². The van der Waals surface area contributed by atoms with Gasteiger partial charge >= 0.3 is 0 Å². The molecule has 3 aromatic heterocycles. The minimum atomic E-state index is -1.45. The summed E-state index contributed by atoms with van der Waals surface area (Å²) >= 11 is 0. The van der Waals surface area contributed by atoms with Gasteiger partial charge in [0, 0.05) is 23.5 Å². The number of H-pyrrole nitrogens is 2. The van der Waals surface area contributed by atoms with Crippen molar-refractivity contribution < 1.29 is 4.39 Å². The number of nitrogens with one attached hydrogen (secondary N) is 3. The lowest BCUT2D eigenvalue weighted by atomic mass is 9.98. The Morgan fingerprint density at radius 2 is 1.95 bits per heavy atom. The maximum absolute atomic E-state index is 14.8. The number of aromatic nitrogens is 5. The van der Waals surface area contributed by atoms with E-state index in [1.807, 2.05) is 75.6 Å². The number of aryl methyl sites for hydroxylation is 1. The number of aromatic amines is 2. The quantitative estimate of drug-likeness (QED) is 0.128. The Kier molecular flexibility index (Phi) is 8.90. The second-order valence-electron chi connectivity index (χ2n) is 9.87. The van der Waals surface area contributed by atoms with Gasteiger partial charge in [0.15, 0.2) is 11.5 Å². The van der Waals surface area contributed by atoms with Crippen LogP contribution in [0.4, 0.5) is 4.39 Å². The normalized spacial score (nSPS) is 13.4. The average molecular weight is 570 g/mol. The molecule has 0 unspecified atom stereocenters. The zero-order chi connectivity index (χ0) is 29.7. The summed E-state index contributed by atoms with van der Waals surface area (Å²) in [5, 5.41) is 7.57. The van der Waals surface area contributed by atoms with Gasteiger partial charge in [-0.05, 0) is 86.2 Å². The summed E-state index contributed by atoms with van der Waals surface area (Å²) in [6, 6.07) is 8.84. The van der Waals surface area contributed by atoms with E-state index in [0.717, 1.165) is 33.6 Å². The molecule has 0 atom stereocenters. The zero-order valence-electron chi connectivity index (χ0n) is 23.9. The first kappa shape index (κ1) is 29.5.